The van der Waals surface area contributed by atoms with Gasteiger partial charge in [0, 0.05) is 36.1 Å². The second-order valence-electron chi connectivity index (χ2n) is 5.35. The van der Waals surface area contributed by atoms with Crippen LogP contribution in [0.3, 0.4) is 0 Å². The average Bonchev–Trinajstić information content (AvgIpc) is 2.32. The Kier molecular flexibility index (Phi) is 3.90. The first-order chi connectivity index (χ1) is 8.95. The Labute approximate surface area is 112 Å². The van der Waals surface area contributed by atoms with Gasteiger partial charge in [0.1, 0.15) is 0 Å². The molecule has 1 saturated heterocycles. The molecular formula is C13H20N4O2. The third-order valence-corrected chi connectivity index (χ3v) is 3.61. The SMILES string of the molecule is CC1CN(C)CCC1Nc1cc(N)cc([N+](=O)[O-])c1. The summed E-state index contributed by atoms with van der Waals surface area (Å²) in [6.07, 6.45) is 1.03. The van der Waals surface area contributed by atoms with E-state index in [0.717, 1.165) is 25.2 Å². The molecule has 1 heterocycles. The molecule has 19 heavy (non-hydrogen) atoms. The quantitative estimate of drug-likeness (QED) is 0.495. The van der Waals surface area contributed by atoms with E-state index in [-0.39, 0.29) is 5.69 Å². The molecule has 0 bridgehead atoms. The first kappa shape index (κ1) is 13.6. The fourth-order valence-electron chi connectivity index (χ4n) is 2.61. The summed E-state index contributed by atoms with van der Waals surface area (Å²) in [5.74, 6) is 0.499. The van der Waals surface area contributed by atoms with Crippen LogP contribution in [0.25, 0.3) is 0 Å². The Balaban J connectivity index is 2.12. The molecule has 6 heteroatoms. The van der Waals surface area contributed by atoms with E-state index in [4.69, 9.17) is 5.73 Å². The lowest BCUT2D eigenvalue weighted by molar-refractivity contribution is -0.384. The van der Waals surface area contributed by atoms with Crippen molar-refractivity contribution in [3.8, 4) is 0 Å². The number of nitro benzene ring substituents is 1. The van der Waals surface area contributed by atoms with E-state index in [1.54, 1.807) is 12.1 Å². The summed E-state index contributed by atoms with van der Waals surface area (Å²) >= 11 is 0. The predicted molar refractivity (Wildman–Crippen MR) is 76.2 cm³/mol. The highest BCUT2D eigenvalue weighted by Crippen LogP contribution is 2.26. The molecule has 2 rings (SSSR count). The number of nitrogens with zero attached hydrogens (tertiary/aromatic N) is 2. The molecule has 0 amide bonds. The molecule has 1 aliphatic heterocycles. The van der Waals surface area contributed by atoms with Crippen molar-refractivity contribution in [2.45, 2.75) is 19.4 Å². The van der Waals surface area contributed by atoms with E-state index in [1.807, 2.05) is 0 Å². The standard InChI is InChI=1S/C13H20N4O2/c1-9-8-16(2)4-3-13(9)15-11-5-10(14)6-12(7-11)17(18)19/h5-7,9,13,15H,3-4,8,14H2,1-2H3. The topological polar surface area (TPSA) is 84.4 Å². The van der Waals surface area contributed by atoms with Gasteiger partial charge in [-0.2, -0.15) is 0 Å². The lowest BCUT2D eigenvalue weighted by atomic mass is 9.94. The van der Waals surface area contributed by atoms with Crippen molar-refractivity contribution in [2.75, 3.05) is 31.2 Å². The molecule has 2 atom stereocenters. The largest absolute Gasteiger partial charge is 0.398 e. The highest BCUT2D eigenvalue weighted by atomic mass is 16.6. The fraction of sp³-hybridized carbons (Fsp3) is 0.538. The van der Waals surface area contributed by atoms with Crippen molar-refractivity contribution < 1.29 is 4.92 Å². The van der Waals surface area contributed by atoms with Gasteiger partial charge in [-0.15, -0.1) is 0 Å². The number of nitro groups is 1. The molecule has 1 fully saturated rings. The zero-order chi connectivity index (χ0) is 14.0. The molecule has 2 unspecified atom stereocenters. The molecule has 1 aromatic carbocycles. The van der Waals surface area contributed by atoms with E-state index in [0.29, 0.717) is 17.6 Å². The Morgan fingerprint density at radius 3 is 2.84 bits per heavy atom. The highest BCUT2D eigenvalue weighted by molar-refractivity contribution is 5.61. The van der Waals surface area contributed by atoms with Crippen LogP contribution in [0.5, 0.6) is 0 Å². The van der Waals surface area contributed by atoms with E-state index in [1.165, 1.54) is 6.07 Å². The minimum absolute atomic E-state index is 0.0306. The fourth-order valence-corrected chi connectivity index (χ4v) is 2.61. The van der Waals surface area contributed by atoms with Crippen molar-refractivity contribution in [3.05, 3.63) is 28.3 Å². The summed E-state index contributed by atoms with van der Waals surface area (Å²) in [5, 5.41) is 14.2. The van der Waals surface area contributed by atoms with Crippen LogP contribution in [-0.2, 0) is 0 Å². The Hall–Kier alpha value is -1.82. The molecule has 0 radical (unpaired) electrons. The van der Waals surface area contributed by atoms with E-state index < -0.39 is 4.92 Å². The summed E-state index contributed by atoms with van der Waals surface area (Å²) in [7, 11) is 2.11. The maximum atomic E-state index is 10.8. The lowest BCUT2D eigenvalue weighted by Crippen LogP contribution is -2.43. The van der Waals surface area contributed by atoms with E-state index in [9.17, 15) is 10.1 Å². The third kappa shape index (κ3) is 3.35. The smallest absolute Gasteiger partial charge is 0.273 e. The Morgan fingerprint density at radius 1 is 1.47 bits per heavy atom. The second-order valence-corrected chi connectivity index (χ2v) is 5.35. The van der Waals surface area contributed by atoms with Gasteiger partial charge in [-0.1, -0.05) is 6.92 Å². The van der Waals surface area contributed by atoms with Gasteiger partial charge in [-0.25, -0.2) is 0 Å². The van der Waals surface area contributed by atoms with Crippen LogP contribution < -0.4 is 11.1 Å². The van der Waals surface area contributed by atoms with Crippen LogP contribution in [0, 0.1) is 16.0 Å². The molecule has 0 aromatic heterocycles. The van der Waals surface area contributed by atoms with Gasteiger partial charge < -0.3 is 16.0 Å². The summed E-state index contributed by atoms with van der Waals surface area (Å²) in [6.45, 7) is 4.25. The minimum Gasteiger partial charge on any atom is -0.398 e. The van der Waals surface area contributed by atoms with Gasteiger partial charge in [0.05, 0.1) is 4.92 Å². The number of nitrogens with one attached hydrogen (secondary N) is 1. The molecule has 1 aromatic rings. The van der Waals surface area contributed by atoms with Crippen molar-refractivity contribution in [3.63, 3.8) is 0 Å². The van der Waals surface area contributed by atoms with Gasteiger partial charge in [0.2, 0.25) is 0 Å². The van der Waals surface area contributed by atoms with Gasteiger partial charge in [-0.05, 0) is 32.0 Å². The van der Waals surface area contributed by atoms with Crippen LogP contribution >= 0.6 is 0 Å². The first-order valence-electron chi connectivity index (χ1n) is 6.46. The molecular weight excluding hydrogens is 244 g/mol. The number of likely N-dealkylation sites (tertiary alicyclic amines) is 1. The van der Waals surface area contributed by atoms with Crippen LogP contribution in [0.2, 0.25) is 0 Å². The van der Waals surface area contributed by atoms with Crippen molar-refractivity contribution >= 4 is 17.1 Å². The zero-order valence-corrected chi connectivity index (χ0v) is 11.3. The molecule has 6 nitrogen and oxygen atoms in total. The van der Waals surface area contributed by atoms with Crippen molar-refractivity contribution in [1.82, 2.24) is 4.90 Å². The number of piperidine rings is 1. The van der Waals surface area contributed by atoms with Crippen molar-refractivity contribution in [1.29, 1.82) is 0 Å². The number of nitrogens with two attached hydrogens (primary N) is 1. The molecule has 104 valence electrons. The number of benzene rings is 1. The van der Waals surface area contributed by atoms with Crippen LogP contribution in [0.15, 0.2) is 18.2 Å². The highest BCUT2D eigenvalue weighted by Gasteiger charge is 2.24. The molecule has 0 saturated carbocycles. The van der Waals surface area contributed by atoms with Gasteiger partial charge in [0.25, 0.3) is 5.69 Å². The average molecular weight is 264 g/mol. The molecule has 0 spiro atoms. The van der Waals surface area contributed by atoms with Gasteiger partial charge >= 0.3 is 0 Å². The van der Waals surface area contributed by atoms with Gasteiger partial charge in [-0.3, -0.25) is 10.1 Å². The molecule has 3 N–H and O–H groups in total. The lowest BCUT2D eigenvalue weighted by Gasteiger charge is -2.35. The first-order valence-corrected chi connectivity index (χ1v) is 6.46. The Bertz CT molecular complexity index is 478. The Morgan fingerprint density at radius 2 is 2.21 bits per heavy atom. The summed E-state index contributed by atoms with van der Waals surface area (Å²) < 4.78 is 0. The van der Waals surface area contributed by atoms with Crippen LogP contribution in [-0.4, -0.2) is 36.0 Å². The second kappa shape index (κ2) is 5.44. The number of anilines is 2. The van der Waals surface area contributed by atoms with E-state index >= 15 is 0 Å². The normalized spacial score (nSPS) is 24.1. The molecule has 0 aliphatic carbocycles. The molecule has 1 aliphatic rings. The number of nitrogen functional groups attached to an aromatic ring is 1. The zero-order valence-electron chi connectivity index (χ0n) is 11.3. The number of non-ortho nitro benzene ring substituents is 1. The minimum atomic E-state index is -0.417. The van der Waals surface area contributed by atoms with E-state index in [2.05, 4.69) is 24.2 Å². The summed E-state index contributed by atoms with van der Waals surface area (Å²) in [4.78, 5) is 12.7. The van der Waals surface area contributed by atoms with Crippen LogP contribution in [0.1, 0.15) is 13.3 Å². The summed E-state index contributed by atoms with van der Waals surface area (Å²) in [5.41, 5.74) is 6.88. The predicted octanol–water partition coefficient (Wildman–Crippen LogP) is 1.93. The van der Waals surface area contributed by atoms with Gasteiger partial charge in [0.15, 0.2) is 0 Å². The third-order valence-electron chi connectivity index (χ3n) is 3.61. The monoisotopic (exact) mass is 264 g/mol. The van der Waals surface area contributed by atoms with Crippen molar-refractivity contribution in [2.24, 2.45) is 5.92 Å². The maximum Gasteiger partial charge on any atom is 0.273 e. The number of hydrogen-bond acceptors (Lipinski definition) is 5. The number of hydrogen-bond donors (Lipinski definition) is 2. The maximum absolute atomic E-state index is 10.8. The van der Waals surface area contributed by atoms with Crippen LogP contribution in [0.4, 0.5) is 17.1 Å². The summed E-state index contributed by atoms with van der Waals surface area (Å²) in [6, 6.07) is 5.00. The number of rotatable bonds is 3.